The maximum atomic E-state index is 5.99. The minimum absolute atomic E-state index is 0.208. The molecule has 1 aromatic heterocycles. The van der Waals surface area contributed by atoms with Gasteiger partial charge in [0.1, 0.15) is 12.4 Å². The van der Waals surface area contributed by atoms with Gasteiger partial charge in [0.05, 0.1) is 10.2 Å². The number of aromatic nitrogens is 1. The Labute approximate surface area is 134 Å². The summed E-state index contributed by atoms with van der Waals surface area (Å²) in [5.41, 5.74) is 9.14. The van der Waals surface area contributed by atoms with Crippen molar-refractivity contribution in [2.24, 2.45) is 5.73 Å². The van der Waals surface area contributed by atoms with Gasteiger partial charge in [0, 0.05) is 11.7 Å². The van der Waals surface area contributed by atoms with Crippen LogP contribution in [0, 0.1) is 6.92 Å². The average molecular weight is 349 g/mol. The van der Waals surface area contributed by atoms with E-state index in [0.29, 0.717) is 6.61 Å². The van der Waals surface area contributed by atoms with Crippen molar-refractivity contribution in [3.63, 3.8) is 0 Å². The van der Waals surface area contributed by atoms with Crippen LogP contribution in [-0.4, -0.2) is 11.0 Å². The second-order valence-corrected chi connectivity index (χ2v) is 6.05. The van der Waals surface area contributed by atoms with E-state index in [1.165, 1.54) is 5.56 Å². The van der Waals surface area contributed by atoms with Crippen LogP contribution in [0.15, 0.2) is 40.9 Å². The van der Waals surface area contributed by atoms with Crippen LogP contribution in [0.5, 0.6) is 5.75 Å². The number of halogens is 1. The summed E-state index contributed by atoms with van der Waals surface area (Å²) >= 11 is 3.56. The second-order valence-electron chi connectivity index (χ2n) is 5.20. The van der Waals surface area contributed by atoms with E-state index in [9.17, 15) is 0 Å². The summed E-state index contributed by atoms with van der Waals surface area (Å²) in [5, 5.41) is 0. The van der Waals surface area contributed by atoms with Gasteiger partial charge in [-0.05, 0) is 65.5 Å². The van der Waals surface area contributed by atoms with Gasteiger partial charge >= 0.3 is 0 Å². The third-order valence-corrected chi connectivity index (χ3v) is 3.96. The van der Waals surface area contributed by atoms with Gasteiger partial charge < -0.3 is 10.5 Å². The molecule has 2 aromatic rings. The van der Waals surface area contributed by atoms with Crippen LogP contribution in [0.25, 0.3) is 0 Å². The quantitative estimate of drug-likeness (QED) is 0.857. The number of aryl methyl sites for hydroxylation is 1. The van der Waals surface area contributed by atoms with Crippen molar-refractivity contribution in [3.05, 3.63) is 57.8 Å². The molecule has 2 rings (SSSR count). The lowest BCUT2D eigenvalue weighted by Gasteiger charge is -2.12. The molecule has 0 fully saturated rings. The van der Waals surface area contributed by atoms with Crippen molar-refractivity contribution in [1.82, 2.24) is 4.98 Å². The molecular formula is C17H21BrN2O. The molecule has 0 bridgehead atoms. The number of rotatable bonds is 6. The molecule has 2 N–H and O–H groups in total. The fourth-order valence-electron chi connectivity index (χ4n) is 2.07. The predicted octanol–water partition coefficient (Wildman–Crippen LogP) is 4.01. The zero-order valence-corrected chi connectivity index (χ0v) is 14.1. The third-order valence-electron chi connectivity index (χ3n) is 3.34. The number of benzene rings is 1. The van der Waals surface area contributed by atoms with Crippen LogP contribution >= 0.6 is 15.9 Å². The SMILES string of the molecule is CCC(N)Cc1ccc(OCc2cccc(C)n2)c(Br)c1. The minimum atomic E-state index is 0.208. The smallest absolute Gasteiger partial charge is 0.134 e. The molecule has 0 radical (unpaired) electrons. The fourth-order valence-corrected chi connectivity index (χ4v) is 2.61. The van der Waals surface area contributed by atoms with Gasteiger partial charge in [0.2, 0.25) is 0 Å². The van der Waals surface area contributed by atoms with Crippen LogP contribution in [0.4, 0.5) is 0 Å². The summed E-state index contributed by atoms with van der Waals surface area (Å²) in [5.74, 6) is 0.826. The molecule has 4 heteroatoms. The number of pyridine rings is 1. The first-order valence-corrected chi connectivity index (χ1v) is 7.97. The Morgan fingerprint density at radius 1 is 1.29 bits per heavy atom. The van der Waals surface area contributed by atoms with Crippen LogP contribution in [0.1, 0.15) is 30.3 Å². The van der Waals surface area contributed by atoms with E-state index in [1.807, 2.05) is 31.2 Å². The van der Waals surface area contributed by atoms with E-state index >= 15 is 0 Å². The summed E-state index contributed by atoms with van der Waals surface area (Å²) in [4.78, 5) is 4.43. The molecule has 0 aliphatic heterocycles. The highest BCUT2D eigenvalue weighted by Gasteiger charge is 2.06. The lowest BCUT2D eigenvalue weighted by molar-refractivity contribution is 0.299. The van der Waals surface area contributed by atoms with Crippen molar-refractivity contribution in [2.75, 3.05) is 0 Å². The molecule has 0 saturated heterocycles. The van der Waals surface area contributed by atoms with Gasteiger partial charge in [-0.2, -0.15) is 0 Å². The van der Waals surface area contributed by atoms with E-state index in [1.54, 1.807) is 0 Å². The molecule has 1 aromatic carbocycles. The molecule has 112 valence electrons. The molecule has 3 nitrogen and oxygen atoms in total. The number of hydrogen-bond acceptors (Lipinski definition) is 3. The molecule has 0 saturated carbocycles. The highest BCUT2D eigenvalue weighted by molar-refractivity contribution is 9.10. The largest absolute Gasteiger partial charge is 0.486 e. The van der Waals surface area contributed by atoms with Gasteiger partial charge in [0.25, 0.3) is 0 Å². The van der Waals surface area contributed by atoms with E-state index < -0.39 is 0 Å². The van der Waals surface area contributed by atoms with Crippen molar-refractivity contribution in [3.8, 4) is 5.75 Å². The van der Waals surface area contributed by atoms with Gasteiger partial charge in [-0.1, -0.05) is 19.1 Å². The molecule has 0 spiro atoms. The standard InChI is InChI=1S/C17H21BrN2O/c1-3-14(19)9-13-7-8-17(16(18)10-13)21-11-15-6-4-5-12(2)20-15/h4-8,10,14H,3,9,11,19H2,1-2H3. The summed E-state index contributed by atoms with van der Waals surface area (Å²) in [7, 11) is 0. The zero-order chi connectivity index (χ0) is 15.2. The maximum absolute atomic E-state index is 5.99. The first-order chi connectivity index (χ1) is 10.1. The summed E-state index contributed by atoms with van der Waals surface area (Å²) in [6.45, 7) is 4.55. The predicted molar refractivity (Wildman–Crippen MR) is 89.4 cm³/mol. The lowest BCUT2D eigenvalue weighted by atomic mass is 10.0. The highest BCUT2D eigenvalue weighted by Crippen LogP contribution is 2.27. The normalized spacial score (nSPS) is 12.2. The fraction of sp³-hybridized carbons (Fsp3) is 0.353. The zero-order valence-electron chi connectivity index (χ0n) is 12.5. The number of nitrogens with two attached hydrogens (primary N) is 1. The first-order valence-electron chi connectivity index (χ1n) is 7.18. The van der Waals surface area contributed by atoms with Crippen LogP contribution in [0.2, 0.25) is 0 Å². The average Bonchev–Trinajstić information content (AvgIpc) is 2.46. The molecule has 0 aliphatic carbocycles. The highest BCUT2D eigenvalue weighted by atomic mass is 79.9. The van der Waals surface area contributed by atoms with Gasteiger partial charge in [-0.3, -0.25) is 4.98 Å². The number of hydrogen-bond donors (Lipinski definition) is 1. The Morgan fingerprint density at radius 2 is 2.10 bits per heavy atom. The van der Waals surface area contributed by atoms with Gasteiger partial charge in [-0.25, -0.2) is 0 Å². The lowest BCUT2D eigenvalue weighted by Crippen LogP contribution is -2.21. The number of nitrogens with zero attached hydrogens (tertiary/aromatic N) is 1. The van der Waals surface area contributed by atoms with Crippen molar-refractivity contribution < 1.29 is 4.74 Å². The topological polar surface area (TPSA) is 48.1 Å². The minimum Gasteiger partial charge on any atom is -0.486 e. The Kier molecular flexibility index (Phi) is 5.76. The van der Waals surface area contributed by atoms with Crippen LogP contribution < -0.4 is 10.5 Å². The Bertz CT molecular complexity index is 601. The van der Waals surface area contributed by atoms with Crippen molar-refractivity contribution in [2.45, 2.75) is 39.3 Å². The Morgan fingerprint density at radius 3 is 2.76 bits per heavy atom. The monoisotopic (exact) mass is 348 g/mol. The van der Waals surface area contributed by atoms with Gasteiger partial charge in [-0.15, -0.1) is 0 Å². The summed E-state index contributed by atoms with van der Waals surface area (Å²) < 4.78 is 6.78. The van der Waals surface area contributed by atoms with Gasteiger partial charge in [0.15, 0.2) is 0 Å². The number of ether oxygens (including phenoxy) is 1. The van der Waals surface area contributed by atoms with Crippen LogP contribution in [-0.2, 0) is 13.0 Å². The molecular weight excluding hydrogens is 328 g/mol. The first kappa shape index (κ1) is 16.0. The molecule has 0 aliphatic rings. The van der Waals surface area contributed by atoms with E-state index in [4.69, 9.17) is 10.5 Å². The molecule has 1 heterocycles. The van der Waals surface area contributed by atoms with Crippen molar-refractivity contribution >= 4 is 15.9 Å². The second kappa shape index (κ2) is 7.57. The Hall–Kier alpha value is -1.39. The van der Waals surface area contributed by atoms with E-state index in [0.717, 1.165) is 34.5 Å². The Balaban J connectivity index is 2.01. The molecule has 21 heavy (non-hydrogen) atoms. The van der Waals surface area contributed by atoms with E-state index in [-0.39, 0.29) is 6.04 Å². The maximum Gasteiger partial charge on any atom is 0.134 e. The summed E-state index contributed by atoms with van der Waals surface area (Å²) in [6.07, 6.45) is 1.86. The molecule has 1 unspecified atom stereocenters. The van der Waals surface area contributed by atoms with Crippen LogP contribution in [0.3, 0.4) is 0 Å². The molecule has 0 amide bonds. The summed E-state index contributed by atoms with van der Waals surface area (Å²) in [6, 6.07) is 12.3. The van der Waals surface area contributed by atoms with Crippen molar-refractivity contribution in [1.29, 1.82) is 0 Å². The molecule has 1 atom stereocenters. The third kappa shape index (κ3) is 4.83. The van der Waals surface area contributed by atoms with E-state index in [2.05, 4.69) is 40.0 Å².